The van der Waals surface area contributed by atoms with Gasteiger partial charge in [0.05, 0.1) is 0 Å². The van der Waals surface area contributed by atoms with Crippen LogP contribution in [0.15, 0.2) is 24.3 Å². The molecule has 0 aliphatic heterocycles. The third-order valence-corrected chi connectivity index (χ3v) is 2.94. The Hall–Kier alpha value is -1.24. The Balaban J connectivity index is 3.00. The first kappa shape index (κ1) is 11.8. The van der Waals surface area contributed by atoms with Crippen molar-refractivity contribution in [3.63, 3.8) is 0 Å². The average Bonchev–Trinajstić information content (AvgIpc) is 2.10. The van der Waals surface area contributed by atoms with E-state index in [-0.39, 0.29) is 0 Å². The second kappa shape index (κ2) is 4.52. The van der Waals surface area contributed by atoms with Gasteiger partial charge in [0.15, 0.2) is 0 Å². The van der Waals surface area contributed by atoms with Crippen LogP contribution in [0.5, 0.6) is 0 Å². The lowest BCUT2D eigenvalue weighted by atomic mass is 9.91. The molecule has 0 aromatic heterocycles. The molecule has 1 nitrogen and oxygen atoms in total. The van der Waals surface area contributed by atoms with Gasteiger partial charge < -0.3 is 5.73 Å². The summed E-state index contributed by atoms with van der Waals surface area (Å²) in [4.78, 5) is 0. The van der Waals surface area contributed by atoms with Gasteiger partial charge in [0.2, 0.25) is 0 Å². The largest absolute Gasteiger partial charge is 0.399 e. The van der Waals surface area contributed by atoms with Crippen molar-refractivity contribution in [2.24, 2.45) is 5.92 Å². The molecular weight excluding hydrogens is 182 g/mol. The summed E-state index contributed by atoms with van der Waals surface area (Å²) >= 11 is 0. The number of nitrogens with two attached hydrogens (primary N) is 1. The molecule has 0 aliphatic rings. The Morgan fingerprint density at radius 1 is 1.27 bits per heavy atom. The van der Waals surface area contributed by atoms with Crippen LogP contribution >= 0.6 is 0 Å². The van der Waals surface area contributed by atoms with Crippen molar-refractivity contribution in [1.82, 2.24) is 0 Å². The third kappa shape index (κ3) is 2.85. The van der Waals surface area contributed by atoms with Gasteiger partial charge in [-0.3, -0.25) is 0 Å². The van der Waals surface area contributed by atoms with E-state index in [0.29, 0.717) is 5.92 Å². The highest BCUT2D eigenvalue weighted by Gasteiger charge is 2.07. The number of anilines is 1. The Bertz CT molecular complexity index is 352. The summed E-state index contributed by atoms with van der Waals surface area (Å²) < 4.78 is 0. The quantitative estimate of drug-likeness (QED) is 0.589. The van der Waals surface area contributed by atoms with Crippen LogP contribution in [-0.4, -0.2) is 0 Å². The molecule has 0 bridgehead atoms. The first-order chi connectivity index (χ1) is 6.91. The molecule has 82 valence electrons. The van der Waals surface area contributed by atoms with Crippen molar-refractivity contribution in [2.75, 3.05) is 5.73 Å². The molecule has 1 rings (SSSR count). The highest BCUT2D eigenvalue weighted by atomic mass is 14.5. The van der Waals surface area contributed by atoms with Gasteiger partial charge >= 0.3 is 0 Å². The van der Waals surface area contributed by atoms with Crippen molar-refractivity contribution in [1.29, 1.82) is 0 Å². The molecule has 0 unspecified atom stereocenters. The standard InChI is InChI=1S/C14H21N/c1-9(2)10(3)8-14-11(4)6-13(15)7-12(14)5/h6-7,9H,3,8,15H2,1-2,4-5H3. The van der Waals surface area contributed by atoms with Gasteiger partial charge in [0.1, 0.15) is 0 Å². The summed E-state index contributed by atoms with van der Waals surface area (Å²) in [5.74, 6) is 0.543. The molecule has 0 fully saturated rings. The summed E-state index contributed by atoms with van der Waals surface area (Å²) in [7, 11) is 0. The van der Waals surface area contributed by atoms with E-state index in [2.05, 4.69) is 34.3 Å². The zero-order valence-electron chi connectivity index (χ0n) is 10.2. The van der Waals surface area contributed by atoms with E-state index >= 15 is 0 Å². The maximum absolute atomic E-state index is 5.80. The summed E-state index contributed by atoms with van der Waals surface area (Å²) in [6.45, 7) is 12.7. The zero-order valence-corrected chi connectivity index (χ0v) is 10.2. The number of allylic oxidation sites excluding steroid dienone is 1. The Labute approximate surface area is 93.0 Å². The summed E-state index contributed by atoms with van der Waals surface area (Å²) in [5, 5.41) is 0. The number of nitrogen functional groups attached to an aromatic ring is 1. The first-order valence-corrected chi connectivity index (χ1v) is 5.45. The van der Waals surface area contributed by atoms with Gasteiger partial charge in [-0.15, -0.1) is 0 Å². The molecule has 2 N–H and O–H groups in total. The lowest BCUT2D eigenvalue weighted by molar-refractivity contribution is 0.742. The van der Waals surface area contributed by atoms with Gasteiger partial charge in [-0.2, -0.15) is 0 Å². The van der Waals surface area contributed by atoms with E-state index < -0.39 is 0 Å². The molecular formula is C14H21N. The molecule has 0 amide bonds. The fourth-order valence-corrected chi connectivity index (χ4v) is 1.74. The number of benzene rings is 1. The van der Waals surface area contributed by atoms with Crippen LogP contribution in [0.3, 0.4) is 0 Å². The molecule has 0 heterocycles. The summed E-state index contributed by atoms with van der Waals surface area (Å²) in [6.07, 6.45) is 0.968. The molecule has 1 aromatic rings. The minimum atomic E-state index is 0.543. The Kier molecular flexibility index (Phi) is 3.57. The predicted molar refractivity (Wildman–Crippen MR) is 68.0 cm³/mol. The number of rotatable bonds is 3. The summed E-state index contributed by atoms with van der Waals surface area (Å²) in [5.41, 5.74) is 11.9. The molecule has 0 radical (unpaired) electrons. The van der Waals surface area contributed by atoms with E-state index in [0.717, 1.165) is 12.1 Å². The second-order valence-electron chi connectivity index (χ2n) is 4.62. The number of hydrogen-bond acceptors (Lipinski definition) is 1. The fourth-order valence-electron chi connectivity index (χ4n) is 1.74. The minimum absolute atomic E-state index is 0.543. The smallest absolute Gasteiger partial charge is 0.0319 e. The van der Waals surface area contributed by atoms with Gasteiger partial charge in [-0.25, -0.2) is 0 Å². The number of hydrogen-bond donors (Lipinski definition) is 1. The molecule has 1 heteroatoms. The highest BCUT2D eigenvalue weighted by molar-refractivity contribution is 5.49. The van der Waals surface area contributed by atoms with Crippen LogP contribution in [0, 0.1) is 19.8 Å². The maximum Gasteiger partial charge on any atom is 0.0319 e. The second-order valence-corrected chi connectivity index (χ2v) is 4.62. The van der Waals surface area contributed by atoms with Crippen molar-refractivity contribution in [3.05, 3.63) is 41.0 Å². The van der Waals surface area contributed by atoms with E-state index in [1.165, 1.54) is 22.3 Å². The zero-order chi connectivity index (χ0) is 11.6. The van der Waals surface area contributed by atoms with E-state index in [1.54, 1.807) is 0 Å². The van der Waals surface area contributed by atoms with E-state index in [1.807, 2.05) is 12.1 Å². The Morgan fingerprint density at radius 2 is 1.73 bits per heavy atom. The minimum Gasteiger partial charge on any atom is -0.399 e. The summed E-state index contributed by atoms with van der Waals surface area (Å²) in [6, 6.07) is 4.08. The molecule has 0 spiro atoms. The van der Waals surface area contributed by atoms with Crippen LogP contribution in [-0.2, 0) is 6.42 Å². The molecule has 15 heavy (non-hydrogen) atoms. The van der Waals surface area contributed by atoms with Gasteiger partial charge in [-0.1, -0.05) is 26.0 Å². The monoisotopic (exact) mass is 203 g/mol. The van der Waals surface area contributed by atoms with Gasteiger partial charge in [0.25, 0.3) is 0 Å². The molecule has 0 atom stereocenters. The predicted octanol–water partition coefficient (Wildman–Crippen LogP) is 3.64. The normalized spacial score (nSPS) is 10.7. The van der Waals surface area contributed by atoms with Crippen molar-refractivity contribution in [3.8, 4) is 0 Å². The third-order valence-electron chi connectivity index (χ3n) is 2.94. The SMILES string of the molecule is C=C(Cc1c(C)cc(N)cc1C)C(C)C. The van der Waals surface area contributed by atoms with Crippen LogP contribution in [0.4, 0.5) is 5.69 Å². The lowest BCUT2D eigenvalue weighted by Crippen LogP contribution is -2.02. The molecule has 1 aromatic carbocycles. The van der Waals surface area contributed by atoms with Gasteiger partial charge in [0, 0.05) is 5.69 Å². The van der Waals surface area contributed by atoms with Crippen molar-refractivity contribution < 1.29 is 0 Å². The topological polar surface area (TPSA) is 26.0 Å². The first-order valence-electron chi connectivity index (χ1n) is 5.45. The van der Waals surface area contributed by atoms with Crippen LogP contribution < -0.4 is 5.73 Å². The van der Waals surface area contributed by atoms with Crippen molar-refractivity contribution >= 4 is 5.69 Å². The highest BCUT2D eigenvalue weighted by Crippen LogP contribution is 2.23. The van der Waals surface area contributed by atoms with Crippen molar-refractivity contribution in [2.45, 2.75) is 34.1 Å². The van der Waals surface area contributed by atoms with E-state index in [4.69, 9.17) is 5.73 Å². The average molecular weight is 203 g/mol. The lowest BCUT2D eigenvalue weighted by Gasteiger charge is -2.14. The fraction of sp³-hybridized carbons (Fsp3) is 0.429. The Morgan fingerprint density at radius 3 is 2.13 bits per heavy atom. The van der Waals surface area contributed by atoms with Gasteiger partial charge in [-0.05, 0) is 55.0 Å². The number of aryl methyl sites for hydroxylation is 2. The van der Waals surface area contributed by atoms with Crippen LogP contribution in [0.2, 0.25) is 0 Å². The molecule has 0 aliphatic carbocycles. The molecule has 0 saturated heterocycles. The van der Waals surface area contributed by atoms with E-state index in [9.17, 15) is 0 Å². The van der Waals surface area contributed by atoms with Crippen LogP contribution in [0.25, 0.3) is 0 Å². The maximum atomic E-state index is 5.80. The molecule has 0 saturated carbocycles. The van der Waals surface area contributed by atoms with Crippen LogP contribution in [0.1, 0.15) is 30.5 Å².